The number of aromatic nitrogens is 4. The fourth-order valence-electron chi connectivity index (χ4n) is 3.70. The lowest BCUT2D eigenvalue weighted by Gasteiger charge is -2.21. The average molecular weight is 494 g/mol. The van der Waals surface area contributed by atoms with E-state index in [1.54, 1.807) is 11.5 Å². The molecule has 0 unspecified atom stereocenters. The number of halogens is 3. The first-order valence-electron chi connectivity index (χ1n) is 10.8. The summed E-state index contributed by atoms with van der Waals surface area (Å²) in [6.45, 7) is 1.70. The van der Waals surface area contributed by atoms with Crippen LogP contribution in [0.15, 0.2) is 40.2 Å². The molecular weight excluding hydrogens is 469 g/mol. The number of carbonyl (C=O) groups excluding carboxylic acids is 2. The number of hydrogen-bond acceptors (Lipinski definition) is 5. The number of benzene rings is 1. The minimum Gasteiger partial charge on any atom is -0.334 e. The Morgan fingerprint density at radius 1 is 1.11 bits per heavy atom. The minimum atomic E-state index is -4.63. The summed E-state index contributed by atoms with van der Waals surface area (Å²) >= 11 is 0. The van der Waals surface area contributed by atoms with Crippen LogP contribution in [0.4, 0.5) is 18.9 Å². The van der Waals surface area contributed by atoms with Crippen molar-refractivity contribution in [2.24, 2.45) is 14.1 Å². The Morgan fingerprint density at radius 3 is 2.46 bits per heavy atom. The van der Waals surface area contributed by atoms with E-state index in [1.807, 2.05) is 0 Å². The lowest BCUT2D eigenvalue weighted by Crippen LogP contribution is -2.38. The number of rotatable bonds is 8. The Hall–Kier alpha value is -3.90. The van der Waals surface area contributed by atoms with Crippen molar-refractivity contribution in [3.63, 3.8) is 0 Å². The second-order valence-corrected chi connectivity index (χ2v) is 7.92. The van der Waals surface area contributed by atoms with Gasteiger partial charge in [-0.05, 0) is 25.5 Å². The molecule has 1 aromatic carbocycles. The standard InChI is InChI=1S/C22H25F3N6O4/c1-4-30(12-16(32)27-15-9-6-5-8-14(15)22(23,24)25)17(33)10-7-11-31-13-26-19-18(31)20(34)29(3)21(35)28(19)2/h5-6,8-9,13H,4,7,10-12H2,1-3H3,(H,27,32). The fourth-order valence-corrected chi connectivity index (χ4v) is 3.70. The zero-order chi connectivity index (χ0) is 25.9. The van der Waals surface area contributed by atoms with E-state index in [4.69, 9.17) is 0 Å². The molecule has 2 amide bonds. The van der Waals surface area contributed by atoms with Crippen LogP contribution in [0.5, 0.6) is 0 Å². The van der Waals surface area contributed by atoms with Crippen molar-refractivity contribution in [2.45, 2.75) is 32.5 Å². The highest BCUT2D eigenvalue weighted by Crippen LogP contribution is 2.34. The van der Waals surface area contributed by atoms with Crippen molar-refractivity contribution in [2.75, 3.05) is 18.4 Å². The van der Waals surface area contributed by atoms with Crippen LogP contribution < -0.4 is 16.6 Å². The molecule has 3 aromatic rings. The van der Waals surface area contributed by atoms with Gasteiger partial charge in [-0.2, -0.15) is 13.2 Å². The number of hydrogen-bond donors (Lipinski definition) is 1. The van der Waals surface area contributed by atoms with E-state index >= 15 is 0 Å². The minimum absolute atomic E-state index is 0.0337. The number of fused-ring (bicyclic) bond motifs is 1. The summed E-state index contributed by atoms with van der Waals surface area (Å²) in [5.41, 5.74) is -1.89. The predicted octanol–water partition coefficient (Wildman–Crippen LogP) is 1.72. The molecule has 0 bridgehead atoms. The summed E-state index contributed by atoms with van der Waals surface area (Å²) in [6, 6.07) is 4.61. The van der Waals surface area contributed by atoms with Gasteiger partial charge in [0.25, 0.3) is 5.56 Å². The van der Waals surface area contributed by atoms with Gasteiger partial charge in [-0.25, -0.2) is 9.78 Å². The molecule has 13 heteroatoms. The Labute approximate surface area is 197 Å². The first kappa shape index (κ1) is 25.7. The number of aryl methyl sites for hydroxylation is 2. The van der Waals surface area contributed by atoms with Crippen molar-refractivity contribution in [3.05, 3.63) is 57.0 Å². The summed E-state index contributed by atoms with van der Waals surface area (Å²) in [7, 11) is 2.87. The molecule has 2 aromatic heterocycles. The Kier molecular flexibility index (Phi) is 7.46. The van der Waals surface area contributed by atoms with E-state index < -0.39 is 35.4 Å². The molecule has 0 aliphatic rings. The SMILES string of the molecule is CCN(CC(=O)Nc1ccccc1C(F)(F)F)C(=O)CCCn1cnc2c1c(=O)n(C)c(=O)n2C. The maximum Gasteiger partial charge on any atom is 0.418 e. The monoisotopic (exact) mass is 494 g/mol. The lowest BCUT2D eigenvalue weighted by atomic mass is 10.1. The van der Waals surface area contributed by atoms with E-state index in [2.05, 4.69) is 10.3 Å². The van der Waals surface area contributed by atoms with Crippen LogP contribution in [-0.4, -0.2) is 48.5 Å². The summed E-state index contributed by atoms with van der Waals surface area (Å²) in [4.78, 5) is 54.9. The highest BCUT2D eigenvalue weighted by molar-refractivity contribution is 5.95. The van der Waals surface area contributed by atoms with Gasteiger partial charge in [-0.3, -0.25) is 23.5 Å². The number of nitrogens with one attached hydrogen (secondary N) is 1. The molecule has 0 radical (unpaired) electrons. The van der Waals surface area contributed by atoms with Crippen molar-refractivity contribution < 1.29 is 22.8 Å². The number of para-hydroxylation sites is 1. The van der Waals surface area contributed by atoms with Gasteiger partial charge in [0.1, 0.15) is 0 Å². The molecule has 0 saturated heterocycles. The molecule has 35 heavy (non-hydrogen) atoms. The summed E-state index contributed by atoms with van der Waals surface area (Å²) in [6.07, 6.45) is -2.87. The van der Waals surface area contributed by atoms with Gasteiger partial charge >= 0.3 is 11.9 Å². The third-order valence-corrected chi connectivity index (χ3v) is 5.58. The molecule has 188 valence electrons. The van der Waals surface area contributed by atoms with Crippen LogP contribution in [0, 0.1) is 0 Å². The lowest BCUT2D eigenvalue weighted by molar-refractivity contribution is -0.137. The average Bonchev–Trinajstić information content (AvgIpc) is 3.23. The van der Waals surface area contributed by atoms with Crippen molar-refractivity contribution in [1.29, 1.82) is 0 Å². The second-order valence-electron chi connectivity index (χ2n) is 7.92. The van der Waals surface area contributed by atoms with E-state index in [0.717, 1.165) is 16.7 Å². The number of imidazole rings is 1. The van der Waals surface area contributed by atoms with Gasteiger partial charge in [0.15, 0.2) is 11.2 Å². The molecular formula is C22H25F3N6O4. The second kappa shape index (κ2) is 10.2. The first-order valence-corrected chi connectivity index (χ1v) is 10.8. The van der Waals surface area contributed by atoms with Gasteiger partial charge < -0.3 is 14.8 Å². The van der Waals surface area contributed by atoms with Crippen LogP contribution >= 0.6 is 0 Å². The summed E-state index contributed by atoms with van der Waals surface area (Å²) in [5, 5.41) is 2.23. The number of anilines is 1. The fraction of sp³-hybridized carbons (Fsp3) is 0.409. The Bertz CT molecular complexity index is 1370. The Balaban J connectivity index is 1.63. The smallest absolute Gasteiger partial charge is 0.334 e. The Morgan fingerprint density at radius 2 is 1.80 bits per heavy atom. The van der Waals surface area contributed by atoms with E-state index in [-0.39, 0.29) is 42.3 Å². The van der Waals surface area contributed by atoms with Gasteiger partial charge in [0, 0.05) is 33.6 Å². The van der Waals surface area contributed by atoms with Crippen LogP contribution in [0.2, 0.25) is 0 Å². The van der Waals surface area contributed by atoms with Crippen molar-refractivity contribution >= 4 is 28.7 Å². The predicted molar refractivity (Wildman–Crippen MR) is 122 cm³/mol. The number of likely N-dealkylation sites (N-methyl/N-ethyl adjacent to an activating group) is 1. The molecule has 3 rings (SSSR count). The third kappa shape index (κ3) is 5.44. The largest absolute Gasteiger partial charge is 0.418 e. The topological polar surface area (TPSA) is 111 Å². The molecule has 2 heterocycles. The molecule has 1 N–H and O–H groups in total. The van der Waals surface area contributed by atoms with Crippen LogP contribution in [0.3, 0.4) is 0 Å². The van der Waals surface area contributed by atoms with Crippen LogP contribution in [0.25, 0.3) is 11.2 Å². The van der Waals surface area contributed by atoms with Gasteiger partial charge in [0.05, 0.1) is 24.1 Å². The molecule has 0 atom stereocenters. The van der Waals surface area contributed by atoms with E-state index in [9.17, 15) is 32.3 Å². The zero-order valence-electron chi connectivity index (χ0n) is 19.4. The third-order valence-electron chi connectivity index (χ3n) is 5.58. The highest BCUT2D eigenvalue weighted by atomic mass is 19.4. The van der Waals surface area contributed by atoms with Crippen molar-refractivity contribution in [3.8, 4) is 0 Å². The van der Waals surface area contributed by atoms with E-state index in [1.165, 1.54) is 42.0 Å². The molecule has 0 aliphatic heterocycles. The maximum absolute atomic E-state index is 13.1. The number of amides is 2. The maximum atomic E-state index is 13.1. The summed E-state index contributed by atoms with van der Waals surface area (Å²) < 4.78 is 43.2. The normalized spacial score (nSPS) is 11.6. The molecule has 0 aliphatic carbocycles. The quantitative estimate of drug-likeness (QED) is 0.513. The highest BCUT2D eigenvalue weighted by Gasteiger charge is 2.33. The molecule has 0 fully saturated rings. The number of alkyl halides is 3. The van der Waals surface area contributed by atoms with Gasteiger partial charge in [-0.15, -0.1) is 0 Å². The zero-order valence-corrected chi connectivity index (χ0v) is 19.4. The number of nitrogens with zero attached hydrogens (tertiary/aromatic N) is 5. The molecule has 0 spiro atoms. The van der Waals surface area contributed by atoms with Crippen LogP contribution in [-0.2, 0) is 36.4 Å². The molecule has 10 nitrogen and oxygen atoms in total. The van der Waals surface area contributed by atoms with Gasteiger partial charge in [-0.1, -0.05) is 12.1 Å². The van der Waals surface area contributed by atoms with E-state index in [0.29, 0.717) is 6.42 Å². The van der Waals surface area contributed by atoms with Crippen LogP contribution in [0.1, 0.15) is 25.3 Å². The number of carbonyl (C=O) groups is 2. The van der Waals surface area contributed by atoms with Gasteiger partial charge in [0.2, 0.25) is 11.8 Å². The molecule has 0 saturated carbocycles. The summed E-state index contributed by atoms with van der Waals surface area (Å²) in [5.74, 6) is -1.11. The van der Waals surface area contributed by atoms with Crippen molar-refractivity contribution in [1.82, 2.24) is 23.6 Å². The first-order chi connectivity index (χ1) is 16.5.